The van der Waals surface area contributed by atoms with E-state index >= 15 is 0 Å². The summed E-state index contributed by atoms with van der Waals surface area (Å²) in [7, 11) is 0. The molecule has 5 rings (SSSR count). The van der Waals surface area contributed by atoms with Crippen molar-refractivity contribution >= 4 is 0 Å². The molecule has 0 atom stereocenters. The van der Waals surface area contributed by atoms with Crippen LogP contribution in [-0.4, -0.2) is 0 Å². The third-order valence-corrected chi connectivity index (χ3v) is 7.64. The molecule has 5 aromatic carbocycles. The summed E-state index contributed by atoms with van der Waals surface area (Å²) < 4.78 is 0. The van der Waals surface area contributed by atoms with Crippen LogP contribution in [0, 0.1) is 41.5 Å². The predicted molar refractivity (Wildman–Crippen MR) is 157 cm³/mol. The van der Waals surface area contributed by atoms with Crippen LogP contribution in [0.5, 0.6) is 0 Å². The molecule has 0 heteroatoms. The van der Waals surface area contributed by atoms with Crippen molar-refractivity contribution < 1.29 is 0 Å². The summed E-state index contributed by atoms with van der Waals surface area (Å²) in [5.41, 5.74) is 18.1. The van der Waals surface area contributed by atoms with Crippen molar-refractivity contribution in [1.29, 1.82) is 0 Å². The second-order valence-electron chi connectivity index (χ2n) is 10.2. The van der Waals surface area contributed by atoms with E-state index in [9.17, 15) is 0 Å². The first-order chi connectivity index (χ1) is 17.3. The lowest BCUT2D eigenvalue weighted by Crippen LogP contribution is -1.91. The number of hydrogen-bond acceptors (Lipinski definition) is 0. The van der Waals surface area contributed by atoms with E-state index in [1.807, 2.05) is 0 Å². The molecule has 0 aliphatic heterocycles. The van der Waals surface area contributed by atoms with Gasteiger partial charge in [-0.3, -0.25) is 0 Å². The van der Waals surface area contributed by atoms with Gasteiger partial charge in [-0.25, -0.2) is 0 Å². The third kappa shape index (κ3) is 4.64. The lowest BCUT2D eigenvalue weighted by Gasteiger charge is -2.14. The van der Waals surface area contributed by atoms with Crippen LogP contribution in [0.2, 0.25) is 0 Å². The molecule has 0 spiro atoms. The molecule has 5 aromatic rings. The number of rotatable bonds is 4. The van der Waals surface area contributed by atoms with E-state index in [0.717, 1.165) is 0 Å². The SMILES string of the molecule is Cc1ccc(-c2ccc(-c3cc(C)c(-c4ccc(-c5ccc(C)c(C)c5)cc4)cc3C)cc2)cc1C. The Kier molecular flexibility index (Phi) is 6.37. The molecule has 0 N–H and O–H groups in total. The Bertz CT molecular complexity index is 1430. The fraction of sp³-hybridized carbons (Fsp3) is 0.167. The van der Waals surface area contributed by atoms with Crippen molar-refractivity contribution in [2.45, 2.75) is 41.5 Å². The average Bonchev–Trinajstić information content (AvgIpc) is 2.89. The molecule has 0 aromatic heterocycles. The summed E-state index contributed by atoms with van der Waals surface area (Å²) in [6.07, 6.45) is 0. The van der Waals surface area contributed by atoms with Crippen molar-refractivity contribution in [3.05, 3.63) is 130 Å². The number of hydrogen-bond donors (Lipinski definition) is 0. The Hall–Kier alpha value is -3.90. The molecule has 0 saturated heterocycles. The van der Waals surface area contributed by atoms with E-state index in [1.54, 1.807) is 0 Å². The maximum absolute atomic E-state index is 2.34. The highest BCUT2D eigenvalue weighted by Gasteiger charge is 2.10. The van der Waals surface area contributed by atoms with Gasteiger partial charge in [0.1, 0.15) is 0 Å². The molecule has 0 bridgehead atoms. The zero-order valence-electron chi connectivity index (χ0n) is 22.2. The van der Waals surface area contributed by atoms with Gasteiger partial charge in [0.15, 0.2) is 0 Å². The Balaban J connectivity index is 1.42. The Labute approximate surface area is 216 Å². The lowest BCUT2D eigenvalue weighted by molar-refractivity contribution is 1.34. The quantitative estimate of drug-likeness (QED) is 0.247. The Morgan fingerprint density at radius 2 is 0.556 bits per heavy atom. The molecule has 0 nitrogen and oxygen atoms in total. The van der Waals surface area contributed by atoms with Crippen LogP contribution >= 0.6 is 0 Å². The van der Waals surface area contributed by atoms with Crippen molar-refractivity contribution in [1.82, 2.24) is 0 Å². The van der Waals surface area contributed by atoms with Crippen LogP contribution in [0.4, 0.5) is 0 Å². The van der Waals surface area contributed by atoms with Gasteiger partial charge < -0.3 is 0 Å². The summed E-state index contributed by atoms with van der Waals surface area (Å²) in [4.78, 5) is 0. The fourth-order valence-electron chi connectivity index (χ4n) is 4.96. The van der Waals surface area contributed by atoms with Gasteiger partial charge in [-0.2, -0.15) is 0 Å². The summed E-state index contributed by atoms with van der Waals surface area (Å²) in [6.45, 7) is 13.1. The molecular weight excluding hydrogens is 432 g/mol. The van der Waals surface area contributed by atoms with E-state index in [4.69, 9.17) is 0 Å². The first-order valence-corrected chi connectivity index (χ1v) is 12.8. The summed E-state index contributed by atoms with van der Waals surface area (Å²) in [5.74, 6) is 0. The van der Waals surface area contributed by atoms with Gasteiger partial charge in [-0.05, 0) is 119 Å². The van der Waals surface area contributed by atoms with E-state index in [1.165, 1.54) is 77.9 Å². The molecule has 0 aliphatic rings. The van der Waals surface area contributed by atoms with Crippen molar-refractivity contribution in [2.24, 2.45) is 0 Å². The zero-order chi connectivity index (χ0) is 25.4. The van der Waals surface area contributed by atoms with E-state index in [0.29, 0.717) is 0 Å². The zero-order valence-corrected chi connectivity index (χ0v) is 22.2. The normalized spacial score (nSPS) is 11.1. The minimum Gasteiger partial charge on any atom is -0.0584 e. The molecule has 0 fully saturated rings. The minimum absolute atomic E-state index is 1.26. The van der Waals surface area contributed by atoms with E-state index in [2.05, 4.69) is 139 Å². The van der Waals surface area contributed by atoms with Crippen molar-refractivity contribution in [3.8, 4) is 44.5 Å². The molecule has 0 amide bonds. The van der Waals surface area contributed by atoms with Gasteiger partial charge in [0.05, 0.1) is 0 Å². The molecule has 0 unspecified atom stereocenters. The number of benzene rings is 5. The van der Waals surface area contributed by atoms with Crippen LogP contribution in [0.3, 0.4) is 0 Å². The largest absolute Gasteiger partial charge is 0.0584 e. The Morgan fingerprint density at radius 3 is 0.889 bits per heavy atom. The second-order valence-corrected chi connectivity index (χ2v) is 10.2. The fourth-order valence-corrected chi connectivity index (χ4v) is 4.96. The van der Waals surface area contributed by atoms with Gasteiger partial charge in [-0.1, -0.05) is 97.1 Å². The van der Waals surface area contributed by atoms with Gasteiger partial charge in [0, 0.05) is 0 Å². The minimum atomic E-state index is 1.26. The smallest absolute Gasteiger partial charge is 0.0152 e. The Morgan fingerprint density at radius 1 is 0.250 bits per heavy atom. The summed E-state index contributed by atoms with van der Waals surface area (Å²) in [6, 6.07) is 36.1. The molecule has 0 radical (unpaired) electrons. The van der Waals surface area contributed by atoms with Crippen molar-refractivity contribution in [3.63, 3.8) is 0 Å². The van der Waals surface area contributed by atoms with Gasteiger partial charge in [0.25, 0.3) is 0 Å². The maximum atomic E-state index is 2.34. The van der Waals surface area contributed by atoms with Gasteiger partial charge >= 0.3 is 0 Å². The molecule has 178 valence electrons. The topological polar surface area (TPSA) is 0 Å². The summed E-state index contributed by atoms with van der Waals surface area (Å²) in [5, 5.41) is 0. The molecular formula is C36H34. The van der Waals surface area contributed by atoms with E-state index < -0.39 is 0 Å². The van der Waals surface area contributed by atoms with E-state index in [-0.39, 0.29) is 0 Å². The van der Waals surface area contributed by atoms with Crippen LogP contribution in [-0.2, 0) is 0 Å². The second kappa shape index (κ2) is 9.63. The first-order valence-electron chi connectivity index (χ1n) is 12.8. The van der Waals surface area contributed by atoms with Crippen molar-refractivity contribution in [2.75, 3.05) is 0 Å². The monoisotopic (exact) mass is 466 g/mol. The molecule has 0 saturated carbocycles. The predicted octanol–water partition coefficient (Wildman–Crippen LogP) is 10.2. The van der Waals surface area contributed by atoms with Gasteiger partial charge in [-0.15, -0.1) is 0 Å². The maximum Gasteiger partial charge on any atom is -0.0152 e. The molecule has 0 aliphatic carbocycles. The lowest BCUT2D eigenvalue weighted by atomic mass is 9.90. The average molecular weight is 467 g/mol. The highest BCUT2D eigenvalue weighted by molar-refractivity contribution is 5.79. The van der Waals surface area contributed by atoms with Crippen LogP contribution in [0.15, 0.2) is 97.1 Å². The third-order valence-electron chi connectivity index (χ3n) is 7.64. The van der Waals surface area contributed by atoms with Crippen LogP contribution < -0.4 is 0 Å². The standard InChI is InChI=1S/C36H34/c1-23-7-9-33(19-25(23)3)29-11-15-31(16-12-29)35-21-28(6)36(22-27(35)5)32-17-13-30(14-18-32)34-10-8-24(2)26(4)20-34/h7-22H,1-6H3. The van der Waals surface area contributed by atoms with Gasteiger partial charge in [0.2, 0.25) is 0 Å². The molecule has 0 heterocycles. The summed E-state index contributed by atoms with van der Waals surface area (Å²) >= 11 is 0. The first kappa shape index (κ1) is 23.8. The highest BCUT2D eigenvalue weighted by Crippen LogP contribution is 2.34. The molecule has 36 heavy (non-hydrogen) atoms. The van der Waals surface area contributed by atoms with Crippen LogP contribution in [0.1, 0.15) is 33.4 Å². The highest BCUT2D eigenvalue weighted by atomic mass is 14.1. The number of aryl methyl sites for hydroxylation is 6. The van der Waals surface area contributed by atoms with Crippen LogP contribution in [0.25, 0.3) is 44.5 Å².